The van der Waals surface area contributed by atoms with E-state index in [1.165, 1.54) is 6.26 Å². The predicted molar refractivity (Wildman–Crippen MR) is 89.2 cm³/mol. The van der Waals surface area contributed by atoms with E-state index in [0.717, 1.165) is 17.3 Å². The van der Waals surface area contributed by atoms with Crippen LogP contribution in [0.3, 0.4) is 0 Å². The Morgan fingerprint density at radius 2 is 1.96 bits per heavy atom. The number of nitrogens with one attached hydrogen (secondary N) is 1. The number of furan rings is 1. The number of rotatable bonds is 3. The van der Waals surface area contributed by atoms with Gasteiger partial charge in [-0.25, -0.2) is 0 Å². The third-order valence-corrected chi connectivity index (χ3v) is 4.43. The molecular weight excluding hydrogens is 360 g/mol. The summed E-state index contributed by atoms with van der Waals surface area (Å²) in [6, 6.07) is 10.8. The number of piperidine rings is 1. The van der Waals surface area contributed by atoms with Gasteiger partial charge in [-0.15, -0.1) is 0 Å². The van der Waals surface area contributed by atoms with Crippen LogP contribution in [-0.2, 0) is 0 Å². The lowest BCUT2D eigenvalue weighted by molar-refractivity contribution is 0.0667. The van der Waals surface area contributed by atoms with Crippen LogP contribution in [0.1, 0.15) is 33.8 Å². The third-order valence-electron chi connectivity index (χ3n) is 3.94. The maximum Gasteiger partial charge on any atom is 0.289 e. The molecule has 0 unspecified atom stereocenters. The van der Waals surface area contributed by atoms with Gasteiger partial charge in [-0.1, -0.05) is 22.0 Å². The number of carbonyl (C=O) groups excluding carboxylic acids is 2. The summed E-state index contributed by atoms with van der Waals surface area (Å²) in [4.78, 5) is 26.2. The molecule has 3 rings (SSSR count). The molecule has 1 N–H and O–H groups in total. The first-order valence-corrected chi connectivity index (χ1v) is 8.32. The summed E-state index contributed by atoms with van der Waals surface area (Å²) < 4.78 is 6.02. The summed E-state index contributed by atoms with van der Waals surface area (Å²) in [6.45, 7) is 1.23. The van der Waals surface area contributed by atoms with E-state index in [-0.39, 0.29) is 17.9 Å². The number of nitrogens with zero attached hydrogens (tertiary/aromatic N) is 1. The van der Waals surface area contributed by atoms with Crippen LogP contribution in [0.4, 0.5) is 0 Å². The first-order valence-electron chi connectivity index (χ1n) is 7.52. The molecule has 0 bridgehead atoms. The summed E-state index contributed by atoms with van der Waals surface area (Å²) in [5.41, 5.74) is 0.633. The average molecular weight is 377 g/mol. The van der Waals surface area contributed by atoms with Crippen molar-refractivity contribution in [2.45, 2.75) is 18.9 Å². The van der Waals surface area contributed by atoms with E-state index < -0.39 is 0 Å². The van der Waals surface area contributed by atoms with Crippen molar-refractivity contribution in [1.29, 1.82) is 0 Å². The van der Waals surface area contributed by atoms with Crippen molar-refractivity contribution in [3.8, 4) is 0 Å². The molecule has 0 spiro atoms. The zero-order valence-electron chi connectivity index (χ0n) is 12.5. The Labute approximate surface area is 142 Å². The summed E-state index contributed by atoms with van der Waals surface area (Å²) in [6.07, 6.45) is 2.98. The molecule has 2 heterocycles. The molecule has 5 nitrogen and oxygen atoms in total. The van der Waals surface area contributed by atoms with Gasteiger partial charge >= 0.3 is 0 Å². The van der Waals surface area contributed by atoms with Crippen LogP contribution in [-0.4, -0.2) is 35.8 Å². The van der Waals surface area contributed by atoms with Crippen LogP contribution in [0.5, 0.6) is 0 Å². The quantitative estimate of drug-likeness (QED) is 0.894. The third kappa shape index (κ3) is 3.82. The van der Waals surface area contributed by atoms with Crippen molar-refractivity contribution in [3.63, 3.8) is 0 Å². The molecule has 1 aliphatic rings. The molecule has 0 radical (unpaired) electrons. The Morgan fingerprint density at radius 1 is 1.17 bits per heavy atom. The van der Waals surface area contributed by atoms with Crippen LogP contribution >= 0.6 is 15.9 Å². The second-order valence-electron chi connectivity index (χ2n) is 5.53. The fourth-order valence-electron chi connectivity index (χ4n) is 2.68. The zero-order valence-corrected chi connectivity index (χ0v) is 14.1. The van der Waals surface area contributed by atoms with Gasteiger partial charge in [0.15, 0.2) is 5.76 Å². The van der Waals surface area contributed by atoms with Crippen LogP contribution in [0.15, 0.2) is 51.6 Å². The van der Waals surface area contributed by atoms with Gasteiger partial charge in [0, 0.05) is 29.2 Å². The molecule has 0 atom stereocenters. The molecule has 23 heavy (non-hydrogen) atoms. The van der Waals surface area contributed by atoms with Crippen LogP contribution in [0, 0.1) is 0 Å². The van der Waals surface area contributed by atoms with E-state index in [0.29, 0.717) is 24.4 Å². The topological polar surface area (TPSA) is 62.6 Å². The number of halogens is 1. The highest BCUT2D eigenvalue weighted by atomic mass is 79.9. The molecule has 2 aromatic rings. The maximum absolute atomic E-state index is 12.2. The molecule has 1 aliphatic heterocycles. The zero-order chi connectivity index (χ0) is 16.2. The van der Waals surface area contributed by atoms with Gasteiger partial charge in [0.1, 0.15) is 0 Å². The minimum absolute atomic E-state index is 0.0814. The largest absolute Gasteiger partial charge is 0.459 e. The summed E-state index contributed by atoms with van der Waals surface area (Å²) >= 11 is 3.37. The second-order valence-corrected chi connectivity index (χ2v) is 6.44. The molecule has 6 heteroatoms. The summed E-state index contributed by atoms with van der Waals surface area (Å²) in [7, 11) is 0. The van der Waals surface area contributed by atoms with E-state index in [2.05, 4.69) is 21.2 Å². The van der Waals surface area contributed by atoms with E-state index in [1.54, 1.807) is 29.2 Å². The molecule has 120 valence electrons. The Kier molecular flexibility index (Phi) is 4.81. The number of benzene rings is 1. The van der Waals surface area contributed by atoms with Crippen LogP contribution in [0.25, 0.3) is 0 Å². The Morgan fingerprint density at radius 3 is 2.61 bits per heavy atom. The number of amides is 2. The number of hydrogen-bond donors (Lipinski definition) is 1. The highest BCUT2D eigenvalue weighted by Crippen LogP contribution is 2.16. The van der Waals surface area contributed by atoms with Gasteiger partial charge in [-0.05, 0) is 43.2 Å². The van der Waals surface area contributed by atoms with E-state index in [1.807, 2.05) is 12.1 Å². The van der Waals surface area contributed by atoms with Gasteiger partial charge in [0.05, 0.1) is 6.26 Å². The molecule has 2 amide bonds. The summed E-state index contributed by atoms with van der Waals surface area (Å²) in [5, 5.41) is 3.04. The van der Waals surface area contributed by atoms with Crippen molar-refractivity contribution >= 4 is 27.7 Å². The predicted octanol–water partition coefficient (Wildman–Crippen LogP) is 3.08. The first-order chi connectivity index (χ1) is 11.1. The first kappa shape index (κ1) is 15.8. The normalized spacial score (nSPS) is 15.4. The van der Waals surface area contributed by atoms with Crippen LogP contribution < -0.4 is 5.32 Å². The lowest BCUT2D eigenvalue weighted by Crippen LogP contribution is -2.46. The second kappa shape index (κ2) is 7.00. The van der Waals surface area contributed by atoms with Crippen molar-refractivity contribution in [2.75, 3.05) is 13.1 Å². The maximum atomic E-state index is 12.2. The average Bonchev–Trinajstić information content (AvgIpc) is 3.09. The van der Waals surface area contributed by atoms with Gasteiger partial charge in [0.25, 0.3) is 11.8 Å². The standard InChI is InChI=1S/C17H17BrN2O3/c18-13-4-1-3-12(11-13)16(21)19-14-6-8-20(9-7-14)17(22)15-5-2-10-23-15/h1-5,10-11,14H,6-9H2,(H,19,21). The van der Waals surface area contributed by atoms with Crippen molar-refractivity contribution in [1.82, 2.24) is 10.2 Å². The van der Waals surface area contributed by atoms with Gasteiger partial charge in [0.2, 0.25) is 0 Å². The fraction of sp³-hybridized carbons (Fsp3) is 0.294. The molecule has 1 fully saturated rings. The van der Waals surface area contributed by atoms with Crippen LogP contribution in [0.2, 0.25) is 0 Å². The number of likely N-dealkylation sites (tertiary alicyclic amines) is 1. The lowest BCUT2D eigenvalue weighted by Gasteiger charge is -2.31. The Bertz CT molecular complexity index is 692. The van der Waals surface area contributed by atoms with E-state index in [9.17, 15) is 9.59 Å². The molecule has 1 aromatic carbocycles. The van der Waals surface area contributed by atoms with Crippen molar-refractivity contribution in [3.05, 3.63) is 58.5 Å². The molecule has 0 aliphatic carbocycles. The number of carbonyl (C=O) groups is 2. The highest BCUT2D eigenvalue weighted by Gasteiger charge is 2.26. The minimum atomic E-state index is -0.0910. The lowest BCUT2D eigenvalue weighted by atomic mass is 10.0. The summed E-state index contributed by atoms with van der Waals surface area (Å²) in [5.74, 6) is 0.190. The van der Waals surface area contributed by atoms with Gasteiger partial charge in [-0.2, -0.15) is 0 Å². The van der Waals surface area contributed by atoms with E-state index in [4.69, 9.17) is 4.42 Å². The smallest absolute Gasteiger partial charge is 0.289 e. The fourth-order valence-corrected chi connectivity index (χ4v) is 3.08. The van der Waals surface area contributed by atoms with Crippen molar-refractivity contribution < 1.29 is 14.0 Å². The van der Waals surface area contributed by atoms with Crippen molar-refractivity contribution in [2.24, 2.45) is 0 Å². The highest BCUT2D eigenvalue weighted by molar-refractivity contribution is 9.10. The Balaban J connectivity index is 1.53. The Hall–Kier alpha value is -2.08. The van der Waals surface area contributed by atoms with Gasteiger partial charge < -0.3 is 14.6 Å². The van der Waals surface area contributed by atoms with E-state index >= 15 is 0 Å². The molecule has 1 saturated heterocycles. The molecule has 1 aromatic heterocycles. The number of hydrogen-bond acceptors (Lipinski definition) is 3. The SMILES string of the molecule is O=C(NC1CCN(C(=O)c2ccco2)CC1)c1cccc(Br)c1. The monoisotopic (exact) mass is 376 g/mol. The minimum Gasteiger partial charge on any atom is -0.459 e. The molecule has 0 saturated carbocycles. The van der Waals surface area contributed by atoms with Gasteiger partial charge in [-0.3, -0.25) is 9.59 Å². The molecular formula is C17H17BrN2O3.